The maximum atomic E-state index is 11.8. The zero-order valence-electron chi connectivity index (χ0n) is 17.3. The molecule has 0 aromatic heterocycles. The predicted molar refractivity (Wildman–Crippen MR) is 106 cm³/mol. The minimum absolute atomic E-state index is 0.169. The minimum Gasteiger partial charge on any atom is -0.473 e. The molecule has 0 heterocycles. The summed E-state index contributed by atoms with van der Waals surface area (Å²) in [4.78, 5) is 32.9. The molecule has 0 aliphatic heterocycles. The molecule has 0 bridgehead atoms. The van der Waals surface area contributed by atoms with Gasteiger partial charge >= 0.3 is 11.9 Å². The van der Waals surface area contributed by atoms with Gasteiger partial charge in [-0.2, -0.15) is 0 Å². The van der Waals surface area contributed by atoms with Crippen LogP contribution < -0.4 is 5.32 Å². The van der Waals surface area contributed by atoms with Crippen molar-refractivity contribution >= 4 is 17.7 Å². The van der Waals surface area contributed by atoms with E-state index in [1.165, 1.54) is 44.9 Å². The summed E-state index contributed by atoms with van der Waals surface area (Å²) in [7, 11) is 0. The molecule has 9 nitrogen and oxygen atoms in total. The zero-order valence-corrected chi connectivity index (χ0v) is 17.3. The quantitative estimate of drug-likeness (QED) is 0.123. The van der Waals surface area contributed by atoms with Crippen molar-refractivity contribution in [1.82, 2.24) is 5.32 Å². The summed E-state index contributed by atoms with van der Waals surface area (Å²) < 4.78 is 4.21. The molecule has 0 fully saturated rings. The Hall–Kier alpha value is -1.55. The van der Waals surface area contributed by atoms with Crippen LogP contribution in [0, 0.1) is 0 Å². The summed E-state index contributed by atoms with van der Waals surface area (Å²) in [5.41, 5.74) is 0. The molecule has 0 spiro atoms. The number of hydrogen-bond donors (Lipinski definition) is 5. The average molecular weight is 420 g/mol. The molecule has 5 N–H and O–H groups in total. The van der Waals surface area contributed by atoms with Gasteiger partial charge < -0.3 is 30.5 Å². The van der Waals surface area contributed by atoms with Gasteiger partial charge in [0.25, 0.3) is 0 Å². The second-order valence-electron chi connectivity index (χ2n) is 7.23. The van der Waals surface area contributed by atoms with E-state index in [-0.39, 0.29) is 6.54 Å². The number of aliphatic hydroxyl groups is 3. The fraction of sp³-hybridized carbons (Fsp3) is 0.850. The van der Waals surface area contributed by atoms with Gasteiger partial charge in [0.2, 0.25) is 0 Å². The highest BCUT2D eigenvalue weighted by Gasteiger charge is 2.31. The van der Waals surface area contributed by atoms with Crippen LogP contribution in [-0.4, -0.2) is 76.2 Å². The molecule has 0 saturated carbocycles. The SMILES string of the molecule is CCCCCCCCCCCCNCC(=O)[C@@H](O)[C@H](O)[C@H](O)COC(=O)C(=O)O. The number of carboxylic acid groups (broad SMARTS) is 1. The monoisotopic (exact) mass is 419 g/mol. The fourth-order valence-corrected chi connectivity index (χ4v) is 2.78. The Bertz CT molecular complexity index is 471. The first-order valence-electron chi connectivity index (χ1n) is 10.5. The third-order valence-corrected chi connectivity index (χ3v) is 4.61. The third kappa shape index (κ3) is 14.1. The number of carboxylic acids is 1. The van der Waals surface area contributed by atoms with Crippen LogP contribution in [-0.2, 0) is 19.1 Å². The Morgan fingerprint density at radius 1 is 0.862 bits per heavy atom. The van der Waals surface area contributed by atoms with E-state index in [0.29, 0.717) is 6.54 Å². The lowest BCUT2D eigenvalue weighted by Gasteiger charge is -2.21. The number of carbonyl (C=O) groups is 3. The largest absolute Gasteiger partial charge is 0.473 e. The second kappa shape index (κ2) is 17.3. The molecule has 0 unspecified atom stereocenters. The van der Waals surface area contributed by atoms with Crippen LogP contribution in [0.15, 0.2) is 0 Å². The molecule has 3 atom stereocenters. The van der Waals surface area contributed by atoms with Crippen LogP contribution in [0.5, 0.6) is 0 Å². The van der Waals surface area contributed by atoms with Gasteiger partial charge in [-0.3, -0.25) is 4.79 Å². The van der Waals surface area contributed by atoms with Gasteiger partial charge in [0.1, 0.15) is 24.9 Å². The number of nitrogens with one attached hydrogen (secondary N) is 1. The first kappa shape index (κ1) is 27.5. The Labute approximate surface area is 172 Å². The normalized spacial score (nSPS) is 14.2. The topological polar surface area (TPSA) is 153 Å². The van der Waals surface area contributed by atoms with Gasteiger partial charge in [-0.1, -0.05) is 64.7 Å². The summed E-state index contributed by atoms with van der Waals surface area (Å²) in [6.07, 6.45) is 6.51. The van der Waals surface area contributed by atoms with Crippen molar-refractivity contribution in [2.24, 2.45) is 0 Å². The molecule has 0 aliphatic rings. The van der Waals surface area contributed by atoms with Crippen LogP contribution in [0.4, 0.5) is 0 Å². The molecule has 0 rings (SSSR count). The van der Waals surface area contributed by atoms with Crippen LogP contribution in [0.1, 0.15) is 71.1 Å². The molecule has 9 heteroatoms. The lowest BCUT2D eigenvalue weighted by atomic mass is 10.0. The van der Waals surface area contributed by atoms with Crippen molar-refractivity contribution in [3.8, 4) is 0 Å². The van der Waals surface area contributed by atoms with Crippen LogP contribution >= 0.6 is 0 Å². The van der Waals surface area contributed by atoms with E-state index in [0.717, 1.165) is 19.3 Å². The van der Waals surface area contributed by atoms with Crippen molar-refractivity contribution in [1.29, 1.82) is 0 Å². The summed E-state index contributed by atoms with van der Waals surface area (Å²) in [6.45, 7) is 1.79. The van der Waals surface area contributed by atoms with Crippen LogP contribution in [0.25, 0.3) is 0 Å². The van der Waals surface area contributed by atoms with E-state index < -0.39 is 42.6 Å². The standard InChI is InChI=1S/C20H37NO8/c1-2-3-4-5-6-7-8-9-10-11-12-21-13-15(22)17(24)18(25)16(23)14-29-20(28)19(26)27/h16-18,21,23-25H,2-14H2,1H3,(H,26,27)/t16-,17-,18-/m1/s1. The Balaban J connectivity index is 3.74. The highest BCUT2D eigenvalue weighted by Crippen LogP contribution is 2.10. The summed E-state index contributed by atoms with van der Waals surface area (Å²) in [5, 5.41) is 40.3. The molecule has 0 saturated heterocycles. The van der Waals surface area contributed by atoms with Gasteiger partial charge in [-0.15, -0.1) is 0 Å². The maximum Gasteiger partial charge on any atom is 0.417 e. The Morgan fingerprint density at radius 3 is 1.90 bits per heavy atom. The number of rotatable bonds is 18. The number of ether oxygens (including phenoxy) is 1. The van der Waals surface area contributed by atoms with Crippen molar-refractivity contribution in [3.05, 3.63) is 0 Å². The number of unbranched alkanes of at least 4 members (excludes halogenated alkanes) is 9. The van der Waals surface area contributed by atoms with Crippen molar-refractivity contribution < 1.29 is 39.5 Å². The van der Waals surface area contributed by atoms with Crippen LogP contribution in [0.2, 0.25) is 0 Å². The van der Waals surface area contributed by atoms with Crippen molar-refractivity contribution in [2.75, 3.05) is 19.7 Å². The summed E-state index contributed by atoms with van der Waals surface area (Å²) >= 11 is 0. The lowest BCUT2D eigenvalue weighted by molar-refractivity contribution is -0.168. The summed E-state index contributed by atoms with van der Waals surface area (Å²) in [5.74, 6) is -4.16. The first-order chi connectivity index (χ1) is 13.8. The Morgan fingerprint density at radius 2 is 1.38 bits per heavy atom. The first-order valence-corrected chi connectivity index (χ1v) is 10.5. The fourth-order valence-electron chi connectivity index (χ4n) is 2.78. The Kier molecular flexibility index (Phi) is 16.4. The van der Waals surface area contributed by atoms with Crippen molar-refractivity contribution in [3.63, 3.8) is 0 Å². The number of hydrogen-bond acceptors (Lipinski definition) is 8. The maximum absolute atomic E-state index is 11.8. The number of carbonyl (C=O) groups excluding carboxylic acids is 2. The smallest absolute Gasteiger partial charge is 0.417 e. The number of ketones is 1. The molecule has 170 valence electrons. The highest BCUT2D eigenvalue weighted by atomic mass is 16.6. The number of aliphatic hydroxyl groups excluding tert-OH is 3. The molecular weight excluding hydrogens is 382 g/mol. The van der Waals surface area contributed by atoms with E-state index in [2.05, 4.69) is 17.0 Å². The van der Waals surface area contributed by atoms with E-state index in [1.807, 2.05) is 0 Å². The minimum atomic E-state index is -1.89. The molecule has 0 amide bonds. The molecule has 0 aromatic carbocycles. The molecule has 0 radical (unpaired) electrons. The van der Waals surface area contributed by atoms with Gasteiger partial charge in [0.15, 0.2) is 5.78 Å². The molecule has 0 aliphatic carbocycles. The number of esters is 1. The van der Waals surface area contributed by atoms with Gasteiger partial charge in [0, 0.05) is 0 Å². The van der Waals surface area contributed by atoms with E-state index in [1.54, 1.807) is 0 Å². The highest BCUT2D eigenvalue weighted by molar-refractivity contribution is 6.28. The lowest BCUT2D eigenvalue weighted by Crippen LogP contribution is -2.47. The molecule has 0 aromatic rings. The van der Waals surface area contributed by atoms with E-state index in [4.69, 9.17) is 5.11 Å². The van der Waals surface area contributed by atoms with E-state index in [9.17, 15) is 29.7 Å². The number of Topliss-reactive ketones (excluding diaryl/α,β-unsaturated/α-hetero) is 1. The van der Waals surface area contributed by atoms with Gasteiger partial charge in [-0.05, 0) is 13.0 Å². The van der Waals surface area contributed by atoms with Gasteiger partial charge in [0.05, 0.1) is 6.54 Å². The second-order valence-corrected chi connectivity index (χ2v) is 7.23. The number of aliphatic carboxylic acids is 1. The van der Waals surface area contributed by atoms with Gasteiger partial charge in [-0.25, -0.2) is 9.59 Å². The molecular formula is C20H37NO8. The van der Waals surface area contributed by atoms with Crippen LogP contribution in [0.3, 0.4) is 0 Å². The third-order valence-electron chi connectivity index (χ3n) is 4.61. The van der Waals surface area contributed by atoms with E-state index >= 15 is 0 Å². The zero-order chi connectivity index (χ0) is 22.1. The summed E-state index contributed by atoms with van der Waals surface area (Å²) in [6, 6.07) is 0. The average Bonchev–Trinajstić information content (AvgIpc) is 2.70. The van der Waals surface area contributed by atoms with Crippen molar-refractivity contribution in [2.45, 2.75) is 89.4 Å². The molecule has 29 heavy (non-hydrogen) atoms. The predicted octanol–water partition coefficient (Wildman–Crippen LogP) is 0.777.